The lowest BCUT2D eigenvalue weighted by atomic mass is 10.1. The Morgan fingerprint density at radius 2 is 1.84 bits per heavy atom. The average Bonchev–Trinajstić information content (AvgIpc) is 2.51. The molecule has 0 fully saturated rings. The van der Waals surface area contributed by atoms with Gasteiger partial charge < -0.3 is 4.74 Å². The van der Waals surface area contributed by atoms with Gasteiger partial charge in [0.15, 0.2) is 0 Å². The second-order valence-corrected chi connectivity index (χ2v) is 7.38. The number of rotatable bonds is 4. The highest BCUT2D eigenvalue weighted by Gasteiger charge is 2.30. The number of halogens is 4. The maximum Gasteiger partial charge on any atom is 0.416 e. The van der Waals surface area contributed by atoms with Crippen LogP contribution >= 0.6 is 15.9 Å². The van der Waals surface area contributed by atoms with Crippen LogP contribution in [0.1, 0.15) is 21.5 Å². The van der Waals surface area contributed by atoms with Crippen LogP contribution in [0.3, 0.4) is 0 Å². The molecule has 0 spiro atoms. The first-order valence-corrected chi connectivity index (χ1v) is 8.98. The van der Waals surface area contributed by atoms with Crippen molar-refractivity contribution in [3.8, 4) is 0 Å². The Morgan fingerprint density at radius 1 is 1.16 bits per heavy atom. The molecule has 2 rings (SSSR count). The van der Waals surface area contributed by atoms with E-state index < -0.39 is 34.3 Å². The number of sulfonamides is 1. The summed E-state index contributed by atoms with van der Waals surface area (Å²) in [4.78, 5) is 11.8. The van der Waals surface area contributed by atoms with Gasteiger partial charge in [-0.15, -0.1) is 0 Å². The molecule has 0 saturated heterocycles. The molecule has 0 heterocycles. The minimum atomic E-state index is -4.51. The quantitative estimate of drug-likeness (QED) is 0.741. The monoisotopic (exact) mass is 437 g/mol. The van der Waals surface area contributed by atoms with Crippen LogP contribution in [0.15, 0.2) is 51.8 Å². The van der Waals surface area contributed by atoms with Crippen molar-refractivity contribution < 1.29 is 31.1 Å². The minimum absolute atomic E-state index is 0.112. The third-order valence-corrected chi connectivity index (χ3v) is 4.71. The Bertz CT molecular complexity index is 913. The summed E-state index contributed by atoms with van der Waals surface area (Å²) in [6.07, 6.45) is -4.51. The number of benzene rings is 2. The van der Waals surface area contributed by atoms with Crippen LogP contribution in [0.2, 0.25) is 0 Å². The topological polar surface area (TPSA) is 86.5 Å². The van der Waals surface area contributed by atoms with Crippen molar-refractivity contribution in [1.29, 1.82) is 0 Å². The van der Waals surface area contributed by atoms with E-state index in [0.29, 0.717) is 0 Å². The third-order valence-electron chi connectivity index (χ3n) is 3.11. The third kappa shape index (κ3) is 5.03. The van der Waals surface area contributed by atoms with Gasteiger partial charge in [0, 0.05) is 4.47 Å². The first kappa shape index (κ1) is 19.4. The Labute approximate surface area is 149 Å². The summed E-state index contributed by atoms with van der Waals surface area (Å²) in [6, 6.07) is 7.86. The lowest BCUT2D eigenvalue weighted by molar-refractivity contribution is -0.137. The van der Waals surface area contributed by atoms with Crippen molar-refractivity contribution in [2.24, 2.45) is 5.14 Å². The summed E-state index contributed by atoms with van der Waals surface area (Å²) in [5.74, 6) is -0.908. The molecule has 5 nitrogen and oxygen atoms in total. The molecule has 25 heavy (non-hydrogen) atoms. The second-order valence-electron chi connectivity index (χ2n) is 4.96. The Hall–Kier alpha value is -1.91. The van der Waals surface area contributed by atoms with E-state index in [-0.39, 0.29) is 20.5 Å². The highest BCUT2D eigenvalue weighted by molar-refractivity contribution is 9.10. The molecule has 10 heteroatoms. The zero-order chi connectivity index (χ0) is 18.8. The fourth-order valence-corrected chi connectivity index (χ4v) is 2.85. The molecule has 2 aromatic rings. The van der Waals surface area contributed by atoms with Crippen LogP contribution in [0, 0.1) is 0 Å². The maximum atomic E-state index is 12.7. The molecule has 2 aromatic carbocycles. The standard InChI is InChI=1S/C15H11BrF3NO4S/c16-13-5-4-11(25(20,22)23)7-12(13)14(21)24-8-9-2-1-3-10(6-9)15(17,18)19/h1-7H,8H2,(H2,20,22,23). The number of carbonyl (C=O) groups excluding carboxylic acids is 1. The summed E-state index contributed by atoms with van der Waals surface area (Å²) in [7, 11) is -4.02. The summed E-state index contributed by atoms with van der Waals surface area (Å²) >= 11 is 3.08. The molecular formula is C15H11BrF3NO4S. The van der Waals surface area contributed by atoms with Crippen LogP contribution in [-0.2, 0) is 27.5 Å². The van der Waals surface area contributed by atoms with Gasteiger partial charge in [0.25, 0.3) is 0 Å². The van der Waals surface area contributed by atoms with E-state index in [9.17, 15) is 26.4 Å². The largest absolute Gasteiger partial charge is 0.457 e. The number of hydrogen-bond donors (Lipinski definition) is 1. The number of esters is 1. The van der Waals surface area contributed by atoms with Crippen LogP contribution in [0.4, 0.5) is 13.2 Å². The van der Waals surface area contributed by atoms with Crippen LogP contribution in [-0.4, -0.2) is 14.4 Å². The number of ether oxygens (including phenoxy) is 1. The van der Waals surface area contributed by atoms with Gasteiger partial charge in [-0.05, 0) is 51.8 Å². The first-order valence-electron chi connectivity index (χ1n) is 6.64. The van der Waals surface area contributed by atoms with E-state index in [2.05, 4.69) is 15.9 Å². The number of nitrogens with two attached hydrogens (primary N) is 1. The molecule has 0 aliphatic heterocycles. The lowest BCUT2D eigenvalue weighted by Gasteiger charge is -2.10. The van der Waals surface area contributed by atoms with Crippen LogP contribution in [0.25, 0.3) is 0 Å². The molecule has 2 N–H and O–H groups in total. The molecule has 0 aliphatic rings. The van der Waals surface area contributed by atoms with Crippen molar-refractivity contribution in [1.82, 2.24) is 0 Å². The average molecular weight is 438 g/mol. The van der Waals surface area contributed by atoms with Crippen molar-refractivity contribution in [3.05, 3.63) is 63.6 Å². The highest BCUT2D eigenvalue weighted by Crippen LogP contribution is 2.29. The number of carbonyl (C=O) groups is 1. The normalized spacial score (nSPS) is 12.0. The van der Waals surface area contributed by atoms with Crippen molar-refractivity contribution in [2.45, 2.75) is 17.7 Å². The van der Waals surface area contributed by atoms with Gasteiger partial charge in [0.1, 0.15) is 6.61 Å². The van der Waals surface area contributed by atoms with Gasteiger partial charge in [-0.2, -0.15) is 13.2 Å². The highest BCUT2D eigenvalue weighted by atomic mass is 79.9. The number of alkyl halides is 3. The summed E-state index contributed by atoms with van der Waals surface area (Å²) in [5, 5.41) is 5.00. The molecule has 0 radical (unpaired) electrons. The van der Waals surface area contributed by atoms with Crippen molar-refractivity contribution in [3.63, 3.8) is 0 Å². The Morgan fingerprint density at radius 3 is 2.44 bits per heavy atom. The van der Waals surface area contributed by atoms with E-state index in [1.807, 2.05) is 0 Å². The molecule has 0 aliphatic carbocycles. The molecule has 0 atom stereocenters. The SMILES string of the molecule is NS(=O)(=O)c1ccc(Br)c(C(=O)OCc2cccc(C(F)(F)F)c2)c1. The van der Waals surface area contributed by atoms with Gasteiger partial charge in [0.05, 0.1) is 16.0 Å². The molecular weight excluding hydrogens is 427 g/mol. The molecule has 0 saturated carbocycles. The minimum Gasteiger partial charge on any atom is -0.457 e. The summed E-state index contributed by atoms with van der Waals surface area (Å²) < 4.78 is 65.9. The fraction of sp³-hybridized carbons (Fsp3) is 0.133. The predicted molar refractivity (Wildman–Crippen MR) is 86.1 cm³/mol. The van der Waals surface area contributed by atoms with E-state index in [1.165, 1.54) is 24.3 Å². The van der Waals surface area contributed by atoms with E-state index >= 15 is 0 Å². The molecule has 0 amide bonds. The molecule has 134 valence electrons. The number of hydrogen-bond acceptors (Lipinski definition) is 4. The van der Waals surface area contributed by atoms with Gasteiger partial charge in [0.2, 0.25) is 10.0 Å². The van der Waals surface area contributed by atoms with Crippen molar-refractivity contribution >= 4 is 31.9 Å². The van der Waals surface area contributed by atoms with Crippen molar-refractivity contribution in [2.75, 3.05) is 0 Å². The van der Waals surface area contributed by atoms with Gasteiger partial charge in [-0.1, -0.05) is 12.1 Å². The van der Waals surface area contributed by atoms with E-state index in [4.69, 9.17) is 9.88 Å². The first-order chi connectivity index (χ1) is 11.5. The molecule has 0 aromatic heterocycles. The van der Waals surface area contributed by atoms with Gasteiger partial charge in [-0.25, -0.2) is 18.4 Å². The zero-order valence-electron chi connectivity index (χ0n) is 12.4. The lowest BCUT2D eigenvalue weighted by Crippen LogP contribution is -2.14. The van der Waals surface area contributed by atoms with Crippen LogP contribution < -0.4 is 5.14 Å². The summed E-state index contributed by atoms with van der Waals surface area (Å²) in [5.41, 5.74) is -0.834. The maximum absolute atomic E-state index is 12.7. The van der Waals surface area contributed by atoms with E-state index in [1.54, 1.807) is 0 Å². The van der Waals surface area contributed by atoms with E-state index in [0.717, 1.165) is 18.2 Å². The van der Waals surface area contributed by atoms with Gasteiger partial charge in [-0.3, -0.25) is 0 Å². The van der Waals surface area contributed by atoms with Gasteiger partial charge >= 0.3 is 12.1 Å². The smallest absolute Gasteiger partial charge is 0.416 e. The second kappa shape index (κ2) is 7.14. The zero-order valence-corrected chi connectivity index (χ0v) is 14.8. The fourth-order valence-electron chi connectivity index (χ4n) is 1.90. The van der Waals surface area contributed by atoms with Crippen LogP contribution in [0.5, 0.6) is 0 Å². The molecule has 0 bridgehead atoms. The predicted octanol–water partition coefficient (Wildman–Crippen LogP) is 3.47. The number of primary sulfonamides is 1. The summed E-state index contributed by atoms with van der Waals surface area (Å²) in [6.45, 7) is -0.408. The Balaban J connectivity index is 2.19. The molecule has 0 unspecified atom stereocenters. The Kier molecular flexibility index (Phi) is 5.55.